The van der Waals surface area contributed by atoms with Gasteiger partial charge in [-0.3, -0.25) is 4.79 Å². The van der Waals surface area contributed by atoms with Crippen molar-refractivity contribution >= 4 is 51.2 Å². The standard InChI is InChI=1S/C22H19I2NO3/c1-22(2)17(12-19(23)24)20(22)21(26)28-18(13-25)14-7-6-10-16(11-14)27-15-8-4-3-5-9-15/h3-12,17-18,20H,1-2H3/t17-,18+,20+/m0/s1. The predicted octanol–water partition coefficient (Wildman–Crippen LogP) is 6.57. The Labute approximate surface area is 192 Å². The van der Waals surface area contributed by atoms with Gasteiger partial charge < -0.3 is 9.47 Å². The minimum absolute atomic E-state index is 0.135. The van der Waals surface area contributed by atoms with Crippen LogP contribution < -0.4 is 4.74 Å². The lowest BCUT2D eigenvalue weighted by atomic mass is 10.1. The van der Waals surface area contributed by atoms with E-state index in [4.69, 9.17) is 9.47 Å². The number of esters is 1. The van der Waals surface area contributed by atoms with Crippen molar-refractivity contribution in [3.05, 3.63) is 67.8 Å². The Morgan fingerprint density at radius 2 is 1.82 bits per heavy atom. The number of halogens is 2. The van der Waals surface area contributed by atoms with Crippen LogP contribution in [0.1, 0.15) is 25.5 Å². The van der Waals surface area contributed by atoms with Gasteiger partial charge in [0.15, 0.2) is 0 Å². The van der Waals surface area contributed by atoms with E-state index < -0.39 is 6.10 Å². The average molecular weight is 599 g/mol. The number of rotatable bonds is 6. The molecule has 0 heterocycles. The molecule has 0 amide bonds. The lowest BCUT2D eigenvalue weighted by Gasteiger charge is -2.13. The number of hydrogen-bond donors (Lipinski definition) is 0. The summed E-state index contributed by atoms with van der Waals surface area (Å²) in [5.41, 5.74) is 0.440. The molecule has 1 saturated carbocycles. The van der Waals surface area contributed by atoms with Gasteiger partial charge in [-0.25, -0.2) is 0 Å². The van der Waals surface area contributed by atoms with Crippen LogP contribution in [-0.4, -0.2) is 5.97 Å². The molecule has 0 saturated heterocycles. The fourth-order valence-corrected chi connectivity index (χ4v) is 4.07. The van der Waals surface area contributed by atoms with Crippen molar-refractivity contribution in [3.63, 3.8) is 0 Å². The maximum Gasteiger partial charge on any atom is 0.311 e. The van der Waals surface area contributed by atoms with E-state index in [1.807, 2.05) is 44.2 Å². The van der Waals surface area contributed by atoms with Crippen LogP contribution in [0.3, 0.4) is 0 Å². The average Bonchev–Trinajstić information content (AvgIpc) is 3.20. The van der Waals surface area contributed by atoms with Gasteiger partial charge in [-0.2, -0.15) is 5.26 Å². The van der Waals surface area contributed by atoms with E-state index >= 15 is 0 Å². The third-order valence-corrected chi connectivity index (χ3v) is 5.68. The smallest absolute Gasteiger partial charge is 0.311 e. The quantitative estimate of drug-likeness (QED) is 0.279. The van der Waals surface area contributed by atoms with E-state index in [2.05, 4.69) is 57.3 Å². The number of carbonyl (C=O) groups excluding carboxylic acids is 1. The lowest BCUT2D eigenvalue weighted by Crippen LogP contribution is -2.14. The molecule has 2 aromatic carbocycles. The highest BCUT2D eigenvalue weighted by Crippen LogP contribution is 2.60. The number of para-hydroxylation sites is 1. The number of carbonyl (C=O) groups is 1. The van der Waals surface area contributed by atoms with Crippen molar-refractivity contribution in [1.82, 2.24) is 0 Å². The van der Waals surface area contributed by atoms with Gasteiger partial charge in [0.25, 0.3) is 0 Å². The maximum absolute atomic E-state index is 12.7. The first-order chi connectivity index (χ1) is 13.3. The Morgan fingerprint density at radius 3 is 2.46 bits per heavy atom. The summed E-state index contributed by atoms with van der Waals surface area (Å²) in [6.45, 7) is 4.10. The summed E-state index contributed by atoms with van der Waals surface area (Å²) in [4.78, 5) is 12.7. The van der Waals surface area contributed by atoms with Crippen LogP contribution >= 0.6 is 45.2 Å². The molecule has 1 aliphatic carbocycles. The van der Waals surface area contributed by atoms with Gasteiger partial charge >= 0.3 is 5.97 Å². The Morgan fingerprint density at radius 1 is 1.14 bits per heavy atom. The second-order valence-corrected chi connectivity index (χ2v) is 11.6. The molecule has 1 fully saturated rings. The third-order valence-electron chi connectivity index (χ3n) is 4.96. The van der Waals surface area contributed by atoms with Gasteiger partial charge in [-0.1, -0.05) is 50.3 Å². The second kappa shape index (κ2) is 8.82. The van der Waals surface area contributed by atoms with E-state index in [1.54, 1.807) is 24.3 Å². The normalized spacial score (nSPS) is 20.4. The summed E-state index contributed by atoms with van der Waals surface area (Å²) in [5.74, 6) is 0.865. The number of nitrogens with zero attached hydrogens (tertiary/aromatic N) is 1. The van der Waals surface area contributed by atoms with Gasteiger partial charge in [-0.15, -0.1) is 0 Å². The first-order valence-electron chi connectivity index (χ1n) is 8.78. The van der Waals surface area contributed by atoms with Crippen molar-refractivity contribution < 1.29 is 14.3 Å². The lowest BCUT2D eigenvalue weighted by molar-refractivity contribution is -0.149. The Kier molecular flexibility index (Phi) is 6.65. The Bertz CT molecular complexity index is 930. The molecule has 6 heteroatoms. The molecule has 2 aromatic rings. The van der Waals surface area contributed by atoms with Crippen LogP contribution in [0, 0.1) is 28.6 Å². The summed E-state index contributed by atoms with van der Waals surface area (Å²) in [6.07, 6.45) is 1.12. The zero-order valence-electron chi connectivity index (χ0n) is 15.4. The van der Waals surface area contributed by atoms with Crippen molar-refractivity contribution in [2.24, 2.45) is 17.3 Å². The van der Waals surface area contributed by atoms with Gasteiger partial charge in [0.2, 0.25) is 6.10 Å². The molecule has 28 heavy (non-hydrogen) atoms. The number of hydrogen-bond acceptors (Lipinski definition) is 4. The van der Waals surface area contributed by atoms with E-state index in [9.17, 15) is 10.1 Å². The topological polar surface area (TPSA) is 59.3 Å². The van der Waals surface area contributed by atoms with Gasteiger partial charge in [-0.05, 0) is 80.8 Å². The van der Waals surface area contributed by atoms with Crippen molar-refractivity contribution in [2.45, 2.75) is 20.0 Å². The highest BCUT2D eigenvalue weighted by Gasteiger charge is 2.61. The van der Waals surface area contributed by atoms with Gasteiger partial charge in [0, 0.05) is 7.15 Å². The molecule has 0 N–H and O–H groups in total. The highest BCUT2D eigenvalue weighted by atomic mass is 127. The zero-order valence-corrected chi connectivity index (χ0v) is 19.7. The maximum atomic E-state index is 12.7. The van der Waals surface area contributed by atoms with E-state index in [1.165, 1.54) is 0 Å². The van der Waals surface area contributed by atoms with E-state index in [-0.39, 0.29) is 23.2 Å². The van der Waals surface area contributed by atoms with Crippen LogP contribution in [0.2, 0.25) is 0 Å². The van der Waals surface area contributed by atoms with Crippen molar-refractivity contribution in [1.29, 1.82) is 5.26 Å². The molecular formula is C22H19I2NO3. The van der Waals surface area contributed by atoms with E-state index in [0.717, 1.165) is 1.59 Å². The third kappa shape index (κ3) is 4.87. The Balaban J connectivity index is 1.72. The van der Waals surface area contributed by atoms with Crippen molar-refractivity contribution in [3.8, 4) is 17.6 Å². The molecule has 0 spiro atoms. The fraction of sp³-hybridized carbons (Fsp3) is 0.273. The first-order valence-corrected chi connectivity index (χ1v) is 10.9. The number of allylic oxidation sites excluding steroid dienone is 1. The fourth-order valence-electron chi connectivity index (χ4n) is 3.30. The van der Waals surface area contributed by atoms with E-state index in [0.29, 0.717) is 17.1 Å². The molecule has 0 bridgehead atoms. The number of benzene rings is 2. The highest BCUT2D eigenvalue weighted by molar-refractivity contribution is 14.2. The molecule has 3 atom stereocenters. The molecule has 1 aliphatic rings. The largest absolute Gasteiger partial charge is 0.457 e. The Hall–Kier alpha value is -1.60. The van der Waals surface area contributed by atoms with Gasteiger partial charge in [0.05, 0.1) is 5.92 Å². The van der Waals surface area contributed by atoms with Gasteiger partial charge in [0.1, 0.15) is 17.6 Å². The summed E-state index contributed by atoms with van der Waals surface area (Å²) < 4.78 is 12.5. The van der Waals surface area contributed by atoms with Crippen molar-refractivity contribution in [2.75, 3.05) is 0 Å². The molecule has 4 nitrogen and oxygen atoms in total. The second-order valence-electron chi connectivity index (χ2n) is 7.21. The minimum atomic E-state index is -0.966. The minimum Gasteiger partial charge on any atom is -0.457 e. The SMILES string of the molecule is CC1(C)[C@@H](C=C(I)I)[C@@H]1C(=O)O[C@H](C#N)c1cccc(Oc2ccccc2)c1. The monoisotopic (exact) mass is 599 g/mol. The summed E-state index contributed by atoms with van der Waals surface area (Å²) >= 11 is 4.46. The summed E-state index contributed by atoms with van der Waals surface area (Å²) in [7, 11) is 0. The molecular weight excluding hydrogens is 580 g/mol. The first kappa shape index (κ1) is 21.1. The van der Waals surface area contributed by atoms with Crippen LogP contribution in [0.25, 0.3) is 0 Å². The zero-order chi connectivity index (χ0) is 20.3. The molecule has 144 valence electrons. The molecule has 0 aromatic heterocycles. The van der Waals surface area contributed by atoms with Crippen LogP contribution in [0.15, 0.2) is 62.3 Å². The molecule has 3 rings (SSSR count). The van der Waals surface area contributed by atoms with Crippen LogP contribution in [0.4, 0.5) is 0 Å². The summed E-state index contributed by atoms with van der Waals surface area (Å²) in [6, 6.07) is 18.6. The molecule has 0 unspecified atom stereocenters. The summed E-state index contributed by atoms with van der Waals surface area (Å²) in [5, 5.41) is 9.57. The molecule has 0 aliphatic heterocycles. The van der Waals surface area contributed by atoms with Crippen LogP contribution in [0.5, 0.6) is 11.5 Å². The number of ether oxygens (including phenoxy) is 2. The predicted molar refractivity (Wildman–Crippen MR) is 124 cm³/mol. The number of nitriles is 1. The molecule has 0 radical (unpaired) electrons. The van der Waals surface area contributed by atoms with Crippen LogP contribution in [-0.2, 0) is 9.53 Å².